The maximum absolute atomic E-state index is 11.0. The second kappa shape index (κ2) is 5.17. The van der Waals surface area contributed by atoms with Gasteiger partial charge in [0.2, 0.25) is 0 Å². The molecule has 0 aliphatic heterocycles. The lowest BCUT2D eigenvalue weighted by molar-refractivity contribution is -0.122. The Labute approximate surface area is 71.0 Å². The van der Waals surface area contributed by atoms with Crippen molar-refractivity contribution in [3.05, 3.63) is 12.3 Å². The third kappa shape index (κ3) is 3.05. The number of hydrogen-bond acceptors (Lipinski definition) is 3. The van der Waals surface area contributed by atoms with Gasteiger partial charge in [0.05, 0.1) is 13.4 Å². The number of carbonyl (C=O) groups excluding carboxylic acids is 2. The van der Waals surface area contributed by atoms with Crippen LogP contribution in [0.3, 0.4) is 0 Å². The Kier molecular flexibility index (Phi) is 4.52. The number of urea groups is 1. The van der Waals surface area contributed by atoms with E-state index in [-0.39, 0.29) is 0 Å². The van der Waals surface area contributed by atoms with Crippen LogP contribution in [0.15, 0.2) is 12.3 Å². The number of rotatable bonds is 2. The molecule has 3 amide bonds. The largest absolute Gasteiger partial charge is 0.504 e. The van der Waals surface area contributed by atoms with Gasteiger partial charge < -0.3 is 10.1 Å². The maximum atomic E-state index is 11.0. The number of ether oxygens (including phenoxy) is 1. The second-order valence-corrected chi connectivity index (χ2v) is 1.99. The summed E-state index contributed by atoms with van der Waals surface area (Å²) < 4.78 is 4.52. The Morgan fingerprint density at radius 1 is 1.50 bits per heavy atom. The van der Waals surface area contributed by atoms with Crippen molar-refractivity contribution < 1.29 is 14.3 Å². The average molecular weight is 172 g/mol. The molecule has 0 aromatic carbocycles. The van der Waals surface area contributed by atoms with Crippen molar-refractivity contribution >= 4 is 11.9 Å². The van der Waals surface area contributed by atoms with Crippen LogP contribution in [0.1, 0.15) is 0 Å². The number of methoxy groups -OCH3 is 1. The lowest BCUT2D eigenvalue weighted by Crippen LogP contribution is -2.38. The van der Waals surface area contributed by atoms with Crippen LogP contribution in [0.5, 0.6) is 0 Å². The van der Waals surface area contributed by atoms with Gasteiger partial charge >= 0.3 is 6.03 Å². The van der Waals surface area contributed by atoms with Crippen molar-refractivity contribution in [1.29, 1.82) is 0 Å². The first-order valence-corrected chi connectivity index (χ1v) is 3.32. The van der Waals surface area contributed by atoms with Crippen molar-refractivity contribution in [1.82, 2.24) is 10.2 Å². The highest BCUT2D eigenvalue weighted by atomic mass is 16.5. The first-order chi connectivity index (χ1) is 5.63. The standard InChI is InChI=1S/C7H12N2O3/c1-8-7(11)9(2)6(10)4-5-12-3/h4-5H,1-3H3,(H,8,11)/b5-4+. The molecule has 0 radical (unpaired) electrons. The zero-order valence-corrected chi connectivity index (χ0v) is 7.33. The van der Waals surface area contributed by atoms with Crippen LogP contribution in [0.25, 0.3) is 0 Å². The Morgan fingerprint density at radius 2 is 2.08 bits per heavy atom. The van der Waals surface area contributed by atoms with Gasteiger partial charge in [0.15, 0.2) is 0 Å². The summed E-state index contributed by atoms with van der Waals surface area (Å²) in [6.45, 7) is 0. The molecule has 0 heterocycles. The monoisotopic (exact) mass is 172 g/mol. The number of hydrogen-bond donors (Lipinski definition) is 1. The van der Waals surface area contributed by atoms with Crippen molar-refractivity contribution in [2.24, 2.45) is 0 Å². The zero-order valence-electron chi connectivity index (χ0n) is 7.33. The summed E-state index contributed by atoms with van der Waals surface area (Å²) in [7, 11) is 4.25. The van der Waals surface area contributed by atoms with E-state index < -0.39 is 11.9 Å². The fourth-order valence-electron chi connectivity index (χ4n) is 0.506. The minimum absolute atomic E-state index is 0.434. The maximum Gasteiger partial charge on any atom is 0.323 e. The fraction of sp³-hybridized carbons (Fsp3) is 0.429. The molecule has 0 fully saturated rings. The number of nitrogens with one attached hydrogen (secondary N) is 1. The fourth-order valence-corrected chi connectivity index (χ4v) is 0.506. The topological polar surface area (TPSA) is 58.6 Å². The van der Waals surface area contributed by atoms with Gasteiger partial charge in [-0.25, -0.2) is 4.79 Å². The minimum Gasteiger partial charge on any atom is -0.504 e. The van der Waals surface area contributed by atoms with E-state index in [2.05, 4.69) is 10.1 Å². The van der Waals surface area contributed by atoms with E-state index in [0.29, 0.717) is 0 Å². The van der Waals surface area contributed by atoms with Crippen molar-refractivity contribution in [2.45, 2.75) is 0 Å². The van der Waals surface area contributed by atoms with Crippen molar-refractivity contribution in [3.8, 4) is 0 Å². The minimum atomic E-state index is -0.458. The Balaban J connectivity index is 4.10. The molecule has 0 saturated carbocycles. The molecule has 5 heteroatoms. The number of amides is 3. The highest BCUT2D eigenvalue weighted by Gasteiger charge is 2.11. The number of carbonyl (C=O) groups is 2. The molecule has 0 unspecified atom stereocenters. The van der Waals surface area contributed by atoms with Gasteiger partial charge in [-0.1, -0.05) is 0 Å². The molecule has 0 bridgehead atoms. The van der Waals surface area contributed by atoms with Crippen LogP contribution >= 0.6 is 0 Å². The quantitative estimate of drug-likeness (QED) is 0.469. The van der Waals surface area contributed by atoms with Crippen LogP contribution in [0.2, 0.25) is 0 Å². The lowest BCUT2D eigenvalue weighted by Gasteiger charge is -2.11. The summed E-state index contributed by atoms with van der Waals surface area (Å²) in [6, 6.07) is -0.458. The van der Waals surface area contributed by atoms with Gasteiger partial charge in [-0.15, -0.1) is 0 Å². The number of likely N-dealkylation sites (N-methyl/N-ethyl adjacent to an activating group) is 1. The molecule has 12 heavy (non-hydrogen) atoms. The van der Waals surface area contributed by atoms with Crippen LogP contribution in [-0.4, -0.2) is 38.0 Å². The Bertz CT molecular complexity index is 201. The summed E-state index contributed by atoms with van der Waals surface area (Å²) >= 11 is 0. The molecule has 0 aliphatic rings. The second-order valence-electron chi connectivity index (χ2n) is 1.99. The molecule has 1 N–H and O–H groups in total. The Hall–Kier alpha value is -1.52. The van der Waals surface area contributed by atoms with Gasteiger partial charge in [0.1, 0.15) is 0 Å². The molecule has 0 saturated heterocycles. The predicted molar refractivity (Wildman–Crippen MR) is 43.4 cm³/mol. The first-order valence-electron chi connectivity index (χ1n) is 3.32. The molecule has 68 valence electrons. The van der Waals surface area contributed by atoms with E-state index in [1.165, 1.54) is 27.5 Å². The summed E-state index contributed by atoms with van der Waals surface area (Å²) in [6.07, 6.45) is 2.37. The normalized spacial score (nSPS) is 9.58. The van der Waals surface area contributed by atoms with E-state index in [1.54, 1.807) is 0 Å². The van der Waals surface area contributed by atoms with E-state index in [0.717, 1.165) is 11.0 Å². The van der Waals surface area contributed by atoms with Gasteiger partial charge in [-0.05, 0) is 0 Å². The molecule has 0 rings (SSSR count). The molecule has 5 nitrogen and oxygen atoms in total. The zero-order chi connectivity index (χ0) is 9.56. The van der Waals surface area contributed by atoms with Crippen molar-refractivity contribution in [2.75, 3.05) is 21.2 Å². The predicted octanol–water partition coefficient (Wildman–Crippen LogP) is -0.0557. The van der Waals surface area contributed by atoms with Gasteiger partial charge in [0, 0.05) is 20.2 Å². The molecule has 0 atom stereocenters. The molecule has 0 aromatic rings. The van der Waals surface area contributed by atoms with E-state index in [9.17, 15) is 9.59 Å². The third-order valence-corrected chi connectivity index (χ3v) is 1.20. The van der Waals surface area contributed by atoms with Gasteiger partial charge in [-0.3, -0.25) is 9.69 Å². The van der Waals surface area contributed by atoms with Crippen molar-refractivity contribution in [3.63, 3.8) is 0 Å². The van der Waals surface area contributed by atoms with Gasteiger partial charge in [0.25, 0.3) is 5.91 Å². The highest BCUT2D eigenvalue weighted by molar-refractivity contribution is 5.99. The number of nitrogens with zero attached hydrogens (tertiary/aromatic N) is 1. The van der Waals surface area contributed by atoms with E-state index in [4.69, 9.17) is 0 Å². The smallest absolute Gasteiger partial charge is 0.323 e. The summed E-state index contributed by atoms with van der Waals surface area (Å²) in [5.41, 5.74) is 0. The molecule has 0 aliphatic carbocycles. The van der Waals surface area contributed by atoms with E-state index in [1.807, 2.05) is 0 Å². The first kappa shape index (κ1) is 10.5. The van der Waals surface area contributed by atoms with Crippen LogP contribution in [0.4, 0.5) is 4.79 Å². The molecule has 0 aromatic heterocycles. The van der Waals surface area contributed by atoms with Crippen LogP contribution < -0.4 is 5.32 Å². The number of imide groups is 1. The van der Waals surface area contributed by atoms with Crippen LogP contribution in [0, 0.1) is 0 Å². The Morgan fingerprint density at radius 3 is 2.50 bits per heavy atom. The summed E-state index contributed by atoms with van der Waals surface area (Å²) in [4.78, 5) is 22.8. The highest BCUT2D eigenvalue weighted by Crippen LogP contribution is 1.87. The summed E-state index contributed by atoms with van der Waals surface area (Å²) in [5, 5.41) is 2.31. The SMILES string of the molecule is CNC(=O)N(C)C(=O)/C=C/OC. The van der Waals surface area contributed by atoms with Gasteiger partial charge in [-0.2, -0.15) is 0 Å². The molecule has 0 spiro atoms. The summed E-state index contributed by atoms with van der Waals surface area (Å²) in [5.74, 6) is -0.434. The molecular formula is C7H12N2O3. The average Bonchev–Trinajstić information content (AvgIpc) is 2.11. The van der Waals surface area contributed by atoms with Crippen LogP contribution in [-0.2, 0) is 9.53 Å². The van der Waals surface area contributed by atoms with E-state index >= 15 is 0 Å². The molecular weight excluding hydrogens is 160 g/mol. The lowest BCUT2D eigenvalue weighted by atomic mass is 10.5. The third-order valence-electron chi connectivity index (χ3n) is 1.20.